The van der Waals surface area contributed by atoms with Crippen LogP contribution in [0.2, 0.25) is 0 Å². The topological polar surface area (TPSA) is 83.4 Å². The maximum absolute atomic E-state index is 6.30. The van der Waals surface area contributed by atoms with Gasteiger partial charge in [0.15, 0.2) is 5.82 Å². The van der Waals surface area contributed by atoms with E-state index in [9.17, 15) is 0 Å². The van der Waals surface area contributed by atoms with Crippen LogP contribution in [0.25, 0.3) is 22.6 Å². The SMILES string of the molecule is Cc1cc(Br)cc2[nH]c(-c3cnc(C4(N)CCC4)[nH]3)nc12. The first kappa shape index (κ1) is 13.0. The molecule has 0 bridgehead atoms. The van der Waals surface area contributed by atoms with Gasteiger partial charge in [0.05, 0.1) is 22.8 Å². The van der Waals surface area contributed by atoms with E-state index in [1.165, 1.54) is 6.42 Å². The predicted molar refractivity (Wildman–Crippen MR) is 85.8 cm³/mol. The summed E-state index contributed by atoms with van der Waals surface area (Å²) in [5.41, 5.74) is 10.0. The second kappa shape index (κ2) is 4.42. The molecule has 1 aliphatic carbocycles. The zero-order chi connectivity index (χ0) is 14.6. The Bertz CT molecular complexity index is 828. The number of aryl methyl sites for hydroxylation is 1. The highest BCUT2D eigenvalue weighted by molar-refractivity contribution is 9.10. The van der Waals surface area contributed by atoms with Gasteiger partial charge in [0.25, 0.3) is 0 Å². The van der Waals surface area contributed by atoms with Crippen molar-refractivity contribution in [3.63, 3.8) is 0 Å². The Morgan fingerprint density at radius 1 is 1.29 bits per heavy atom. The summed E-state index contributed by atoms with van der Waals surface area (Å²) in [4.78, 5) is 15.8. The summed E-state index contributed by atoms with van der Waals surface area (Å²) in [6.07, 6.45) is 4.97. The standard InChI is InChI=1S/C15H16BrN5/c1-8-5-9(16)6-10-12(8)21-13(19-10)11-7-18-14(20-11)15(17)3-2-4-15/h5-7H,2-4,17H2,1H3,(H,18,20)(H,19,21). The minimum atomic E-state index is -0.275. The summed E-state index contributed by atoms with van der Waals surface area (Å²) in [6.45, 7) is 2.05. The smallest absolute Gasteiger partial charge is 0.156 e. The summed E-state index contributed by atoms with van der Waals surface area (Å²) in [6, 6.07) is 4.10. The lowest BCUT2D eigenvalue weighted by atomic mass is 9.77. The van der Waals surface area contributed by atoms with Crippen molar-refractivity contribution in [3.8, 4) is 11.5 Å². The highest BCUT2D eigenvalue weighted by Gasteiger charge is 2.37. The van der Waals surface area contributed by atoms with Crippen LogP contribution in [0, 0.1) is 6.92 Å². The molecule has 0 spiro atoms. The number of aromatic nitrogens is 4. The van der Waals surface area contributed by atoms with Gasteiger partial charge in [-0.15, -0.1) is 0 Å². The number of hydrogen-bond donors (Lipinski definition) is 3. The molecule has 2 heterocycles. The van der Waals surface area contributed by atoms with Gasteiger partial charge in [-0.3, -0.25) is 0 Å². The van der Waals surface area contributed by atoms with E-state index >= 15 is 0 Å². The van der Waals surface area contributed by atoms with Gasteiger partial charge in [-0.2, -0.15) is 0 Å². The highest BCUT2D eigenvalue weighted by Crippen LogP contribution is 2.37. The first-order valence-electron chi connectivity index (χ1n) is 7.06. The molecule has 3 aromatic rings. The lowest BCUT2D eigenvalue weighted by molar-refractivity contribution is 0.240. The number of fused-ring (bicyclic) bond motifs is 1. The third-order valence-electron chi connectivity index (χ3n) is 4.29. The molecule has 1 aromatic carbocycles. The minimum absolute atomic E-state index is 0.275. The summed E-state index contributed by atoms with van der Waals surface area (Å²) >= 11 is 3.51. The van der Waals surface area contributed by atoms with Crippen molar-refractivity contribution in [2.45, 2.75) is 31.7 Å². The zero-order valence-corrected chi connectivity index (χ0v) is 13.3. The van der Waals surface area contributed by atoms with Crippen molar-refractivity contribution >= 4 is 27.0 Å². The molecule has 0 unspecified atom stereocenters. The molecule has 21 heavy (non-hydrogen) atoms. The molecule has 0 aliphatic heterocycles. The van der Waals surface area contributed by atoms with Crippen LogP contribution in [0.15, 0.2) is 22.8 Å². The number of nitrogens with zero attached hydrogens (tertiary/aromatic N) is 2. The van der Waals surface area contributed by atoms with E-state index in [2.05, 4.69) is 48.9 Å². The molecule has 6 heteroatoms. The van der Waals surface area contributed by atoms with Crippen LogP contribution in [0.1, 0.15) is 30.7 Å². The molecule has 0 saturated heterocycles. The molecule has 1 saturated carbocycles. The van der Waals surface area contributed by atoms with Gasteiger partial charge in [0.1, 0.15) is 11.5 Å². The van der Waals surface area contributed by atoms with Gasteiger partial charge in [0.2, 0.25) is 0 Å². The molecule has 1 aliphatic rings. The number of imidazole rings is 2. The molecule has 1 fully saturated rings. The van der Waals surface area contributed by atoms with Crippen molar-refractivity contribution in [2.75, 3.05) is 0 Å². The average Bonchev–Trinajstić information content (AvgIpc) is 3.01. The van der Waals surface area contributed by atoms with Crippen molar-refractivity contribution in [1.82, 2.24) is 19.9 Å². The maximum Gasteiger partial charge on any atom is 0.156 e. The normalized spacial score (nSPS) is 17.1. The third kappa shape index (κ3) is 2.01. The highest BCUT2D eigenvalue weighted by atomic mass is 79.9. The third-order valence-corrected chi connectivity index (χ3v) is 4.75. The number of rotatable bonds is 2. The number of hydrogen-bond acceptors (Lipinski definition) is 3. The van der Waals surface area contributed by atoms with Gasteiger partial charge in [-0.1, -0.05) is 15.9 Å². The summed E-state index contributed by atoms with van der Waals surface area (Å²) in [5, 5.41) is 0. The van der Waals surface area contributed by atoms with Crippen molar-refractivity contribution in [3.05, 3.63) is 34.2 Å². The van der Waals surface area contributed by atoms with E-state index in [-0.39, 0.29) is 5.54 Å². The lowest BCUT2D eigenvalue weighted by Crippen LogP contribution is -2.44. The van der Waals surface area contributed by atoms with Crippen LogP contribution >= 0.6 is 15.9 Å². The second-order valence-corrected chi connectivity index (χ2v) is 6.78. The summed E-state index contributed by atoms with van der Waals surface area (Å²) < 4.78 is 1.04. The molecule has 0 radical (unpaired) electrons. The fourth-order valence-electron chi connectivity index (χ4n) is 2.86. The number of halogens is 1. The zero-order valence-electron chi connectivity index (χ0n) is 11.7. The number of nitrogens with one attached hydrogen (secondary N) is 2. The molecule has 0 atom stereocenters. The number of nitrogens with two attached hydrogens (primary N) is 1. The molecular formula is C15H16BrN5. The summed E-state index contributed by atoms with van der Waals surface area (Å²) in [5.74, 6) is 1.66. The van der Waals surface area contributed by atoms with Gasteiger partial charge in [-0.05, 0) is 43.9 Å². The molecule has 4 N–H and O–H groups in total. The van der Waals surface area contributed by atoms with Gasteiger partial charge < -0.3 is 15.7 Å². The second-order valence-electron chi connectivity index (χ2n) is 5.86. The fourth-order valence-corrected chi connectivity index (χ4v) is 3.44. The van der Waals surface area contributed by atoms with Crippen molar-refractivity contribution in [2.24, 2.45) is 5.73 Å². The van der Waals surface area contributed by atoms with E-state index in [1.54, 1.807) is 0 Å². The van der Waals surface area contributed by atoms with E-state index in [0.29, 0.717) is 0 Å². The molecule has 5 nitrogen and oxygen atoms in total. The molecule has 4 rings (SSSR count). The van der Waals surface area contributed by atoms with E-state index < -0.39 is 0 Å². The van der Waals surface area contributed by atoms with Crippen molar-refractivity contribution < 1.29 is 0 Å². The van der Waals surface area contributed by atoms with Crippen LogP contribution in [0.4, 0.5) is 0 Å². The molecule has 0 amide bonds. The lowest BCUT2D eigenvalue weighted by Gasteiger charge is -2.35. The minimum Gasteiger partial charge on any atom is -0.338 e. The number of aromatic amines is 2. The molecule has 108 valence electrons. The van der Waals surface area contributed by atoms with Crippen LogP contribution in [0.3, 0.4) is 0 Å². The van der Waals surface area contributed by atoms with Crippen LogP contribution in [-0.2, 0) is 5.54 Å². The molecular weight excluding hydrogens is 330 g/mol. The predicted octanol–water partition coefficient (Wildman–Crippen LogP) is 3.36. The monoisotopic (exact) mass is 345 g/mol. The van der Waals surface area contributed by atoms with E-state index in [1.807, 2.05) is 12.3 Å². The van der Waals surface area contributed by atoms with Crippen molar-refractivity contribution in [1.29, 1.82) is 0 Å². The maximum atomic E-state index is 6.30. The van der Waals surface area contributed by atoms with Crippen LogP contribution < -0.4 is 5.73 Å². The Kier molecular flexibility index (Phi) is 2.74. The largest absolute Gasteiger partial charge is 0.338 e. The van der Waals surface area contributed by atoms with Gasteiger partial charge in [0, 0.05) is 4.47 Å². The van der Waals surface area contributed by atoms with E-state index in [4.69, 9.17) is 5.73 Å². The van der Waals surface area contributed by atoms with Crippen LogP contribution in [0.5, 0.6) is 0 Å². The molecule has 2 aromatic heterocycles. The average molecular weight is 346 g/mol. The number of benzene rings is 1. The first-order valence-corrected chi connectivity index (χ1v) is 7.85. The first-order chi connectivity index (χ1) is 10.0. The Hall–Kier alpha value is -1.66. The van der Waals surface area contributed by atoms with Gasteiger partial charge >= 0.3 is 0 Å². The van der Waals surface area contributed by atoms with Crippen LogP contribution in [-0.4, -0.2) is 19.9 Å². The Morgan fingerprint density at radius 2 is 2.10 bits per heavy atom. The summed E-state index contributed by atoms with van der Waals surface area (Å²) in [7, 11) is 0. The quantitative estimate of drug-likeness (QED) is 0.665. The Balaban J connectivity index is 1.78. The van der Waals surface area contributed by atoms with E-state index in [0.717, 1.165) is 51.3 Å². The Labute approximate surface area is 130 Å². The number of H-pyrrole nitrogens is 2. The van der Waals surface area contributed by atoms with Gasteiger partial charge in [-0.25, -0.2) is 9.97 Å². The fraction of sp³-hybridized carbons (Fsp3) is 0.333. The Morgan fingerprint density at radius 3 is 2.81 bits per heavy atom.